The highest BCUT2D eigenvalue weighted by Crippen LogP contribution is 2.32. The first-order valence-corrected chi connectivity index (χ1v) is 6.84. The minimum Gasteiger partial charge on any atom is -0.445 e. The highest BCUT2D eigenvalue weighted by Gasteiger charge is 2.30. The third-order valence-corrected chi connectivity index (χ3v) is 3.76. The van der Waals surface area contributed by atoms with Crippen molar-refractivity contribution < 1.29 is 13.9 Å². The van der Waals surface area contributed by atoms with Crippen LogP contribution < -0.4 is 11.1 Å². The second-order valence-corrected chi connectivity index (χ2v) is 5.28. The number of carbonyl (C=O) groups is 1. The van der Waals surface area contributed by atoms with Crippen LogP contribution in [0.1, 0.15) is 48.0 Å². The van der Waals surface area contributed by atoms with E-state index in [9.17, 15) is 4.79 Å². The summed E-state index contributed by atoms with van der Waals surface area (Å²) in [6.07, 6.45) is 5.35. The Hall–Kier alpha value is -1.40. The molecule has 2 aliphatic rings. The van der Waals surface area contributed by atoms with Crippen LogP contribution in [0.3, 0.4) is 0 Å². The SMILES string of the molecule is NC(CNC(=O)c1ncoc1C1CCCO1)C1CC1. The number of hydrogen-bond donors (Lipinski definition) is 2. The summed E-state index contributed by atoms with van der Waals surface area (Å²) in [5, 5.41) is 2.83. The van der Waals surface area contributed by atoms with Crippen molar-refractivity contribution in [3.05, 3.63) is 17.8 Å². The lowest BCUT2D eigenvalue weighted by Gasteiger charge is -2.12. The molecule has 0 spiro atoms. The van der Waals surface area contributed by atoms with Crippen molar-refractivity contribution in [1.29, 1.82) is 0 Å². The number of hydrogen-bond acceptors (Lipinski definition) is 5. The molecule has 2 unspecified atom stereocenters. The van der Waals surface area contributed by atoms with E-state index < -0.39 is 0 Å². The molecule has 3 rings (SSSR count). The van der Waals surface area contributed by atoms with Crippen LogP contribution in [0.2, 0.25) is 0 Å². The van der Waals surface area contributed by atoms with E-state index >= 15 is 0 Å². The maximum atomic E-state index is 12.1. The van der Waals surface area contributed by atoms with E-state index in [4.69, 9.17) is 14.9 Å². The van der Waals surface area contributed by atoms with Gasteiger partial charge >= 0.3 is 0 Å². The van der Waals surface area contributed by atoms with Crippen molar-refractivity contribution in [1.82, 2.24) is 10.3 Å². The molecule has 1 saturated heterocycles. The first-order valence-electron chi connectivity index (χ1n) is 6.84. The molecule has 0 aromatic carbocycles. The molecule has 0 radical (unpaired) electrons. The number of nitrogens with zero attached hydrogens (tertiary/aromatic N) is 1. The molecule has 1 aliphatic heterocycles. The minimum absolute atomic E-state index is 0.0435. The van der Waals surface area contributed by atoms with Gasteiger partial charge in [0.2, 0.25) is 0 Å². The minimum atomic E-state index is -0.227. The smallest absolute Gasteiger partial charge is 0.273 e. The van der Waals surface area contributed by atoms with Gasteiger partial charge in [0.1, 0.15) is 6.10 Å². The van der Waals surface area contributed by atoms with Gasteiger partial charge in [-0.05, 0) is 31.6 Å². The summed E-state index contributed by atoms with van der Waals surface area (Å²) in [6.45, 7) is 1.19. The summed E-state index contributed by atoms with van der Waals surface area (Å²) in [7, 11) is 0. The maximum absolute atomic E-state index is 12.1. The van der Waals surface area contributed by atoms with Crippen LogP contribution in [-0.2, 0) is 4.74 Å². The van der Waals surface area contributed by atoms with E-state index in [0.29, 0.717) is 30.5 Å². The van der Waals surface area contributed by atoms with Gasteiger partial charge in [-0.15, -0.1) is 0 Å². The Labute approximate surface area is 111 Å². The third kappa shape index (κ3) is 2.79. The highest BCUT2D eigenvalue weighted by atomic mass is 16.5. The van der Waals surface area contributed by atoms with Gasteiger partial charge in [-0.3, -0.25) is 4.79 Å². The Kier molecular flexibility index (Phi) is 3.52. The average molecular weight is 265 g/mol. The Morgan fingerprint density at radius 1 is 1.53 bits per heavy atom. The predicted octanol–water partition coefficient (Wildman–Crippen LogP) is 0.993. The molecule has 104 valence electrons. The van der Waals surface area contributed by atoms with Crippen molar-refractivity contribution in [2.75, 3.05) is 13.2 Å². The molecule has 2 atom stereocenters. The molecule has 1 aliphatic carbocycles. The predicted molar refractivity (Wildman–Crippen MR) is 67.5 cm³/mol. The molecular formula is C13H19N3O3. The molecular weight excluding hydrogens is 246 g/mol. The van der Waals surface area contributed by atoms with E-state index in [1.807, 2.05) is 0 Å². The summed E-state index contributed by atoms with van der Waals surface area (Å²) < 4.78 is 10.8. The molecule has 3 N–H and O–H groups in total. The van der Waals surface area contributed by atoms with Crippen LogP contribution in [0.15, 0.2) is 10.8 Å². The van der Waals surface area contributed by atoms with E-state index in [1.54, 1.807) is 0 Å². The first-order chi connectivity index (χ1) is 9.25. The number of ether oxygens (including phenoxy) is 1. The number of aromatic nitrogens is 1. The zero-order chi connectivity index (χ0) is 13.2. The van der Waals surface area contributed by atoms with Crippen molar-refractivity contribution in [2.45, 2.75) is 37.8 Å². The number of oxazole rings is 1. The van der Waals surface area contributed by atoms with Crippen LogP contribution >= 0.6 is 0 Å². The zero-order valence-electron chi connectivity index (χ0n) is 10.8. The van der Waals surface area contributed by atoms with Gasteiger partial charge in [-0.2, -0.15) is 0 Å². The van der Waals surface area contributed by atoms with Crippen LogP contribution in [0, 0.1) is 5.92 Å². The van der Waals surface area contributed by atoms with Gasteiger partial charge in [-0.25, -0.2) is 4.98 Å². The topological polar surface area (TPSA) is 90.4 Å². The lowest BCUT2D eigenvalue weighted by molar-refractivity contribution is 0.0860. The quantitative estimate of drug-likeness (QED) is 0.828. The number of carbonyl (C=O) groups excluding carboxylic acids is 1. The Morgan fingerprint density at radius 2 is 2.37 bits per heavy atom. The molecule has 1 aromatic rings. The second-order valence-electron chi connectivity index (χ2n) is 5.28. The summed E-state index contributed by atoms with van der Waals surface area (Å²) in [4.78, 5) is 16.1. The van der Waals surface area contributed by atoms with Crippen LogP contribution in [-0.4, -0.2) is 30.1 Å². The van der Waals surface area contributed by atoms with Crippen LogP contribution in [0.5, 0.6) is 0 Å². The number of rotatable bonds is 5. The Balaban J connectivity index is 1.61. The average Bonchev–Trinajstić information content (AvgIpc) is 2.94. The molecule has 1 amide bonds. The van der Waals surface area contributed by atoms with Crippen molar-refractivity contribution in [3.8, 4) is 0 Å². The summed E-state index contributed by atoms with van der Waals surface area (Å²) >= 11 is 0. The van der Waals surface area contributed by atoms with E-state index in [-0.39, 0.29) is 18.1 Å². The summed E-state index contributed by atoms with van der Waals surface area (Å²) in [6, 6.07) is 0.0435. The maximum Gasteiger partial charge on any atom is 0.273 e. The molecule has 1 saturated carbocycles. The van der Waals surface area contributed by atoms with Gasteiger partial charge in [0, 0.05) is 19.2 Å². The van der Waals surface area contributed by atoms with Crippen LogP contribution in [0.25, 0.3) is 0 Å². The second kappa shape index (κ2) is 5.30. The van der Waals surface area contributed by atoms with E-state index in [2.05, 4.69) is 10.3 Å². The number of nitrogens with one attached hydrogen (secondary N) is 1. The molecule has 0 bridgehead atoms. The fourth-order valence-electron chi connectivity index (χ4n) is 2.42. The lowest BCUT2D eigenvalue weighted by Crippen LogP contribution is -2.39. The summed E-state index contributed by atoms with van der Waals surface area (Å²) in [5.41, 5.74) is 6.29. The lowest BCUT2D eigenvalue weighted by atomic mass is 10.1. The van der Waals surface area contributed by atoms with Crippen molar-refractivity contribution in [2.24, 2.45) is 11.7 Å². The molecule has 6 heteroatoms. The fraction of sp³-hybridized carbons (Fsp3) is 0.692. The monoisotopic (exact) mass is 265 g/mol. The number of nitrogens with two attached hydrogens (primary N) is 1. The first kappa shape index (κ1) is 12.6. The van der Waals surface area contributed by atoms with Gasteiger partial charge in [0.25, 0.3) is 5.91 Å². The molecule has 1 aromatic heterocycles. The van der Waals surface area contributed by atoms with Gasteiger partial charge in [0.05, 0.1) is 0 Å². The zero-order valence-corrected chi connectivity index (χ0v) is 10.8. The molecule has 6 nitrogen and oxygen atoms in total. The van der Waals surface area contributed by atoms with Crippen LogP contribution in [0.4, 0.5) is 0 Å². The molecule has 2 fully saturated rings. The number of amides is 1. The Morgan fingerprint density at radius 3 is 3.05 bits per heavy atom. The molecule has 2 heterocycles. The van der Waals surface area contributed by atoms with E-state index in [0.717, 1.165) is 12.8 Å². The third-order valence-electron chi connectivity index (χ3n) is 3.76. The molecule has 19 heavy (non-hydrogen) atoms. The standard InChI is InChI=1S/C13H19N3O3/c14-9(8-3-4-8)6-15-13(17)11-12(19-7-16-11)10-2-1-5-18-10/h7-10H,1-6,14H2,(H,15,17). The van der Waals surface area contributed by atoms with Crippen molar-refractivity contribution >= 4 is 5.91 Å². The van der Waals surface area contributed by atoms with E-state index in [1.165, 1.54) is 19.2 Å². The van der Waals surface area contributed by atoms with Gasteiger partial charge in [0.15, 0.2) is 17.8 Å². The summed E-state index contributed by atoms with van der Waals surface area (Å²) in [5.74, 6) is 0.876. The van der Waals surface area contributed by atoms with Gasteiger partial charge < -0.3 is 20.2 Å². The van der Waals surface area contributed by atoms with Gasteiger partial charge in [-0.1, -0.05) is 0 Å². The largest absolute Gasteiger partial charge is 0.445 e. The highest BCUT2D eigenvalue weighted by molar-refractivity contribution is 5.93. The normalized spacial score (nSPS) is 24.4. The Bertz CT molecular complexity index is 450. The van der Waals surface area contributed by atoms with Crippen molar-refractivity contribution in [3.63, 3.8) is 0 Å². The fourth-order valence-corrected chi connectivity index (χ4v) is 2.42.